The summed E-state index contributed by atoms with van der Waals surface area (Å²) in [4.78, 5) is -0.332. The monoisotopic (exact) mass is 292 g/mol. The van der Waals surface area contributed by atoms with Gasteiger partial charge in [0, 0.05) is 24.7 Å². The molecule has 1 saturated heterocycles. The summed E-state index contributed by atoms with van der Waals surface area (Å²) < 4.78 is 39.4. The van der Waals surface area contributed by atoms with Gasteiger partial charge in [0.2, 0.25) is 10.0 Å². The Morgan fingerprint density at radius 1 is 1.50 bits per heavy atom. The SMILES string of the molecule is CN(C1CCNC1)S(=O)(=O)c1ccc(Cl)cc1F. The molecule has 0 bridgehead atoms. The molecule has 1 aromatic carbocycles. The van der Waals surface area contributed by atoms with Gasteiger partial charge in [0.05, 0.1) is 0 Å². The number of halogens is 2. The molecule has 0 radical (unpaired) electrons. The summed E-state index contributed by atoms with van der Waals surface area (Å²) in [5, 5.41) is 3.26. The maximum Gasteiger partial charge on any atom is 0.246 e. The molecule has 1 aromatic rings. The summed E-state index contributed by atoms with van der Waals surface area (Å²) >= 11 is 5.62. The molecule has 1 heterocycles. The molecule has 4 nitrogen and oxygen atoms in total. The van der Waals surface area contributed by atoms with Gasteiger partial charge in [-0.25, -0.2) is 12.8 Å². The molecule has 18 heavy (non-hydrogen) atoms. The lowest BCUT2D eigenvalue weighted by molar-refractivity contribution is 0.385. The predicted molar refractivity (Wildman–Crippen MR) is 67.6 cm³/mol. The van der Waals surface area contributed by atoms with Crippen LogP contribution in [0.2, 0.25) is 5.02 Å². The molecule has 1 unspecified atom stereocenters. The van der Waals surface area contributed by atoms with Crippen molar-refractivity contribution in [1.82, 2.24) is 9.62 Å². The summed E-state index contributed by atoms with van der Waals surface area (Å²) in [6.07, 6.45) is 0.727. The zero-order chi connectivity index (χ0) is 13.3. The average Bonchev–Trinajstić information content (AvgIpc) is 2.80. The molecule has 0 amide bonds. The Morgan fingerprint density at radius 3 is 2.78 bits per heavy atom. The van der Waals surface area contributed by atoms with E-state index in [0.29, 0.717) is 6.54 Å². The van der Waals surface area contributed by atoms with Crippen molar-refractivity contribution in [2.24, 2.45) is 0 Å². The third-order valence-corrected chi connectivity index (χ3v) is 5.28. The van der Waals surface area contributed by atoms with E-state index in [-0.39, 0.29) is 16.0 Å². The fraction of sp³-hybridized carbons (Fsp3) is 0.455. The maximum absolute atomic E-state index is 13.7. The molecule has 7 heteroatoms. The zero-order valence-corrected chi connectivity index (χ0v) is 11.4. The number of hydrogen-bond acceptors (Lipinski definition) is 3. The molecule has 2 rings (SSSR count). The summed E-state index contributed by atoms with van der Waals surface area (Å²) in [6.45, 7) is 1.36. The second kappa shape index (κ2) is 5.13. The Hall–Kier alpha value is -0.690. The van der Waals surface area contributed by atoms with Crippen molar-refractivity contribution in [3.05, 3.63) is 29.0 Å². The van der Waals surface area contributed by atoms with Gasteiger partial charge in [0.15, 0.2) is 0 Å². The Morgan fingerprint density at radius 2 is 2.22 bits per heavy atom. The quantitative estimate of drug-likeness (QED) is 0.918. The van der Waals surface area contributed by atoms with Gasteiger partial charge >= 0.3 is 0 Å². The van der Waals surface area contributed by atoms with Crippen LogP contribution in [0.1, 0.15) is 6.42 Å². The minimum atomic E-state index is -3.81. The van der Waals surface area contributed by atoms with Crippen molar-refractivity contribution in [3.63, 3.8) is 0 Å². The van der Waals surface area contributed by atoms with Gasteiger partial charge in [-0.15, -0.1) is 0 Å². The molecule has 1 aliphatic heterocycles. The first-order chi connectivity index (χ1) is 8.43. The molecule has 0 saturated carbocycles. The third kappa shape index (κ3) is 2.51. The number of nitrogens with zero attached hydrogens (tertiary/aromatic N) is 1. The molecule has 100 valence electrons. The predicted octanol–water partition coefficient (Wildman–Crippen LogP) is 1.46. The molecule has 0 aromatic heterocycles. The summed E-state index contributed by atoms with van der Waals surface area (Å²) in [5.41, 5.74) is 0. The van der Waals surface area contributed by atoms with E-state index in [4.69, 9.17) is 11.6 Å². The molecule has 1 fully saturated rings. The van der Waals surface area contributed by atoms with Crippen LogP contribution in [-0.4, -0.2) is 38.9 Å². The van der Waals surface area contributed by atoms with E-state index in [9.17, 15) is 12.8 Å². The van der Waals surface area contributed by atoms with Crippen LogP contribution in [0.3, 0.4) is 0 Å². The number of sulfonamides is 1. The van der Waals surface area contributed by atoms with Crippen molar-refractivity contribution in [2.45, 2.75) is 17.4 Å². The number of benzene rings is 1. The van der Waals surface area contributed by atoms with Crippen LogP contribution in [0.15, 0.2) is 23.1 Å². The van der Waals surface area contributed by atoms with Gasteiger partial charge in [-0.1, -0.05) is 11.6 Å². The van der Waals surface area contributed by atoms with Gasteiger partial charge in [-0.3, -0.25) is 0 Å². The van der Waals surface area contributed by atoms with E-state index in [1.54, 1.807) is 0 Å². The Kier molecular flexibility index (Phi) is 3.91. The van der Waals surface area contributed by atoms with E-state index in [1.165, 1.54) is 23.5 Å². The lowest BCUT2D eigenvalue weighted by Gasteiger charge is -2.23. The highest BCUT2D eigenvalue weighted by atomic mass is 35.5. The highest BCUT2D eigenvalue weighted by Crippen LogP contribution is 2.24. The Labute approximate surface area is 111 Å². The second-order valence-corrected chi connectivity index (χ2v) is 6.64. The fourth-order valence-corrected chi connectivity index (χ4v) is 3.57. The van der Waals surface area contributed by atoms with Gasteiger partial charge in [-0.05, 0) is 31.2 Å². The van der Waals surface area contributed by atoms with Crippen LogP contribution in [-0.2, 0) is 10.0 Å². The lowest BCUT2D eigenvalue weighted by atomic mass is 10.3. The lowest BCUT2D eigenvalue weighted by Crippen LogP contribution is -2.38. The highest BCUT2D eigenvalue weighted by Gasteiger charge is 2.31. The average molecular weight is 293 g/mol. The minimum Gasteiger partial charge on any atom is -0.315 e. The van der Waals surface area contributed by atoms with Gasteiger partial charge < -0.3 is 5.32 Å². The normalized spacial score (nSPS) is 20.6. The molecule has 0 spiro atoms. The van der Waals surface area contributed by atoms with E-state index >= 15 is 0 Å². The largest absolute Gasteiger partial charge is 0.315 e. The first kappa shape index (κ1) is 13.7. The zero-order valence-electron chi connectivity index (χ0n) is 9.86. The molecule has 1 N–H and O–H groups in total. The Balaban J connectivity index is 2.35. The maximum atomic E-state index is 13.7. The van der Waals surface area contributed by atoms with Crippen molar-refractivity contribution in [3.8, 4) is 0 Å². The van der Waals surface area contributed by atoms with Crippen molar-refractivity contribution in [2.75, 3.05) is 20.1 Å². The van der Waals surface area contributed by atoms with Crippen molar-refractivity contribution < 1.29 is 12.8 Å². The second-order valence-electron chi connectivity index (χ2n) is 4.24. The van der Waals surface area contributed by atoms with Gasteiger partial charge in [-0.2, -0.15) is 4.31 Å². The molecule has 1 atom stereocenters. The van der Waals surface area contributed by atoms with E-state index in [2.05, 4.69) is 5.32 Å². The van der Waals surface area contributed by atoms with Gasteiger partial charge in [0.25, 0.3) is 0 Å². The molecule has 0 aliphatic carbocycles. The Bertz CT molecular complexity index is 544. The first-order valence-electron chi connectivity index (χ1n) is 5.57. The summed E-state index contributed by atoms with van der Waals surface area (Å²) in [6, 6.07) is 3.45. The van der Waals surface area contributed by atoms with Crippen molar-refractivity contribution >= 4 is 21.6 Å². The summed E-state index contributed by atoms with van der Waals surface area (Å²) in [7, 11) is -2.34. The molecular formula is C11H14ClFN2O2S. The van der Waals surface area contributed by atoms with Gasteiger partial charge in [0.1, 0.15) is 10.7 Å². The highest BCUT2D eigenvalue weighted by molar-refractivity contribution is 7.89. The topological polar surface area (TPSA) is 49.4 Å². The van der Waals surface area contributed by atoms with Crippen LogP contribution < -0.4 is 5.32 Å². The van der Waals surface area contributed by atoms with Crippen LogP contribution in [0.4, 0.5) is 4.39 Å². The van der Waals surface area contributed by atoms with Crippen LogP contribution in [0, 0.1) is 5.82 Å². The van der Waals surface area contributed by atoms with Crippen LogP contribution in [0.25, 0.3) is 0 Å². The number of rotatable bonds is 3. The van der Waals surface area contributed by atoms with E-state index < -0.39 is 15.8 Å². The number of likely N-dealkylation sites (N-methyl/N-ethyl adjacent to an activating group) is 1. The molecule has 1 aliphatic rings. The minimum absolute atomic E-state index is 0.134. The summed E-state index contributed by atoms with van der Waals surface area (Å²) in [5.74, 6) is -0.819. The first-order valence-corrected chi connectivity index (χ1v) is 7.38. The molecular weight excluding hydrogens is 279 g/mol. The van der Waals surface area contributed by atoms with Crippen molar-refractivity contribution in [1.29, 1.82) is 0 Å². The smallest absolute Gasteiger partial charge is 0.246 e. The standard InChI is InChI=1S/C11H14ClFN2O2S/c1-15(9-4-5-14-7-9)18(16,17)11-3-2-8(12)6-10(11)13/h2-3,6,9,14H,4-5,7H2,1H3. The van der Waals surface area contributed by atoms with Crippen LogP contribution in [0.5, 0.6) is 0 Å². The number of nitrogens with one attached hydrogen (secondary N) is 1. The number of hydrogen-bond donors (Lipinski definition) is 1. The fourth-order valence-electron chi connectivity index (χ4n) is 1.99. The van der Waals surface area contributed by atoms with E-state index in [0.717, 1.165) is 19.0 Å². The third-order valence-electron chi connectivity index (χ3n) is 3.10. The van der Waals surface area contributed by atoms with Crippen LogP contribution >= 0.6 is 11.6 Å². The van der Waals surface area contributed by atoms with E-state index in [1.807, 2.05) is 0 Å².